The number of hydrogen-bond acceptors (Lipinski definition) is 7. The van der Waals surface area contributed by atoms with Crippen LogP contribution in [0.2, 0.25) is 0 Å². The molecule has 9 nitrogen and oxygen atoms in total. The van der Waals surface area contributed by atoms with Gasteiger partial charge < -0.3 is 9.52 Å². The lowest BCUT2D eigenvalue weighted by molar-refractivity contribution is -0.388. The predicted octanol–water partition coefficient (Wildman–Crippen LogP) is 4.05. The molecule has 0 bridgehead atoms. The molecule has 1 N–H and O–H groups in total. The van der Waals surface area contributed by atoms with Crippen LogP contribution in [-0.2, 0) is 12.7 Å². The SMILES string of the molecule is Cc1c(C=Nc2ccc([N+](=O)[O-])c(C(F)(F)F)c2)c(O)n(Cc2ccco2)c(=O)c1C#N. The number of aromatic nitrogens is 1. The molecule has 0 unspecified atom stereocenters. The maximum absolute atomic E-state index is 13.2. The Hall–Kier alpha value is -4.40. The lowest BCUT2D eigenvalue weighted by Gasteiger charge is -2.13. The van der Waals surface area contributed by atoms with Crippen LogP contribution in [0, 0.1) is 28.4 Å². The molecule has 0 amide bonds. The van der Waals surface area contributed by atoms with E-state index in [0.29, 0.717) is 17.9 Å². The average molecular weight is 446 g/mol. The molecule has 0 atom stereocenters. The molecule has 12 heteroatoms. The predicted molar refractivity (Wildman–Crippen MR) is 105 cm³/mol. The first-order chi connectivity index (χ1) is 15.0. The van der Waals surface area contributed by atoms with Gasteiger partial charge in [0.2, 0.25) is 5.88 Å². The van der Waals surface area contributed by atoms with E-state index in [0.717, 1.165) is 16.8 Å². The highest BCUT2D eigenvalue weighted by Gasteiger charge is 2.38. The lowest BCUT2D eigenvalue weighted by atomic mass is 10.1. The Morgan fingerprint density at radius 2 is 2.09 bits per heavy atom. The van der Waals surface area contributed by atoms with Gasteiger partial charge in [0.1, 0.15) is 23.0 Å². The number of rotatable bonds is 5. The maximum Gasteiger partial charge on any atom is 0.423 e. The number of nitrogens with zero attached hydrogens (tertiary/aromatic N) is 4. The fourth-order valence-corrected chi connectivity index (χ4v) is 2.96. The third-order valence-electron chi connectivity index (χ3n) is 4.57. The van der Waals surface area contributed by atoms with Gasteiger partial charge in [0.05, 0.1) is 29.0 Å². The van der Waals surface area contributed by atoms with Crippen molar-refractivity contribution in [2.75, 3.05) is 0 Å². The maximum atomic E-state index is 13.2. The Balaban J connectivity index is 2.12. The molecule has 0 aliphatic heterocycles. The van der Waals surface area contributed by atoms with Crippen molar-refractivity contribution in [3.8, 4) is 11.9 Å². The second kappa shape index (κ2) is 8.38. The number of hydrogen-bond donors (Lipinski definition) is 1. The zero-order valence-electron chi connectivity index (χ0n) is 16.3. The standard InChI is InChI=1S/C20H13F3N4O5/c1-11-14(8-24)18(28)26(10-13-3-2-6-32-13)19(29)15(11)9-25-12-4-5-17(27(30)31)16(7-12)20(21,22)23/h2-7,9,29H,10H2,1H3. The zero-order chi connectivity index (χ0) is 23.6. The number of nitro benzene ring substituents is 1. The van der Waals surface area contributed by atoms with Gasteiger partial charge in [-0.25, -0.2) is 0 Å². The van der Waals surface area contributed by atoms with Crippen molar-refractivity contribution in [1.82, 2.24) is 4.57 Å². The molecular weight excluding hydrogens is 433 g/mol. The average Bonchev–Trinajstić information content (AvgIpc) is 3.24. The van der Waals surface area contributed by atoms with E-state index in [-0.39, 0.29) is 28.9 Å². The van der Waals surface area contributed by atoms with Gasteiger partial charge >= 0.3 is 6.18 Å². The molecule has 3 rings (SSSR count). The van der Waals surface area contributed by atoms with Crippen molar-refractivity contribution >= 4 is 17.6 Å². The van der Waals surface area contributed by atoms with E-state index in [4.69, 9.17) is 4.42 Å². The molecule has 0 saturated heterocycles. The fourth-order valence-electron chi connectivity index (χ4n) is 2.96. The summed E-state index contributed by atoms with van der Waals surface area (Å²) in [7, 11) is 0. The molecule has 2 aromatic heterocycles. The van der Waals surface area contributed by atoms with Crippen molar-refractivity contribution in [2.45, 2.75) is 19.6 Å². The Morgan fingerprint density at radius 1 is 1.38 bits per heavy atom. The lowest BCUT2D eigenvalue weighted by Crippen LogP contribution is -2.25. The summed E-state index contributed by atoms with van der Waals surface area (Å²) < 4.78 is 45.5. The van der Waals surface area contributed by atoms with E-state index in [2.05, 4.69) is 4.99 Å². The fraction of sp³-hybridized carbons (Fsp3) is 0.150. The summed E-state index contributed by atoms with van der Waals surface area (Å²) in [5.74, 6) is -0.271. The van der Waals surface area contributed by atoms with Gasteiger partial charge in [0, 0.05) is 12.3 Å². The number of pyridine rings is 1. The number of nitro groups is 1. The molecule has 0 aliphatic rings. The van der Waals surface area contributed by atoms with Gasteiger partial charge in [0.15, 0.2) is 0 Å². The van der Waals surface area contributed by atoms with Crippen LogP contribution in [0.1, 0.15) is 28.0 Å². The van der Waals surface area contributed by atoms with Gasteiger partial charge in [-0.1, -0.05) is 0 Å². The normalized spacial score (nSPS) is 11.6. The van der Waals surface area contributed by atoms with E-state index in [1.54, 1.807) is 18.2 Å². The number of aliphatic imine (C=N–C) groups is 1. The van der Waals surface area contributed by atoms with Crippen LogP contribution in [0.3, 0.4) is 0 Å². The minimum absolute atomic E-state index is 0.0624. The van der Waals surface area contributed by atoms with Crippen molar-refractivity contribution in [3.05, 3.63) is 85.1 Å². The van der Waals surface area contributed by atoms with Crippen LogP contribution < -0.4 is 5.56 Å². The third-order valence-corrected chi connectivity index (χ3v) is 4.57. The Kier molecular flexibility index (Phi) is 5.84. The Labute approximate surface area is 177 Å². The summed E-state index contributed by atoms with van der Waals surface area (Å²) >= 11 is 0. The number of furan rings is 1. The quantitative estimate of drug-likeness (QED) is 0.357. The summed E-state index contributed by atoms with van der Waals surface area (Å²) in [6.07, 6.45) is -2.66. The molecule has 0 radical (unpaired) electrons. The first-order valence-electron chi connectivity index (χ1n) is 8.83. The second-order valence-electron chi connectivity index (χ2n) is 6.53. The molecule has 2 heterocycles. The van der Waals surface area contributed by atoms with Crippen LogP contribution in [0.4, 0.5) is 24.5 Å². The van der Waals surface area contributed by atoms with Crippen LogP contribution in [-0.4, -0.2) is 20.8 Å². The summed E-state index contributed by atoms with van der Waals surface area (Å²) in [6.45, 7) is 1.17. The number of benzene rings is 1. The highest BCUT2D eigenvalue weighted by molar-refractivity contribution is 5.87. The molecule has 32 heavy (non-hydrogen) atoms. The summed E-state index contributed by atoms with van der Waals surface area (Å²) in [6, 6.07) is 7.00. The van der Waals surface area contributed by atoms with Gasteiger partial charge in [-0.3, -0.25) is 24.5 Å². The minimum Gasteiger partial charge on any atom is -0.494 e. The van der Waals surface area contributed by atoms with Gasteiger partial charge in [-0.2, -0.15) is 18.4 Å². The molecular formula is C20H13F3N4O5. The highest BCUT2D eigenvalue weighted by Crippen LogP contribution is 2.38. The van der Waals surface area contributed by atoms with Crippen LogP contribution in [0.15, 0.2) is 50.8 Å². The van der Waals surface area contributed by atoms with Crippen LogP contribution >= 0.6 is 0 Å². The molecule has 0 fully saturated rings. The van der Waals surface area contributed by atoms with Crippen LogP contribution in [0.25, 0.3) is 0 Å². The van der Waals surface area contributed by atoms with Crippen molar-refractivity contribution < 1.29 is 27.6 Å². The topological polar surface area (TPSA) is 135 Å². The third kappa shape index (κ3) is 4.22. The second-order valence-corrected chi connectivity index (χ2v) is 6.53. The highest BCUT2D eigenvalue weighted by atomic mass is 19.4. The molecule has 0 saturated carbocycles. The Morgan fingerprint density at radius 3 is 2.66 bits per heavy atom. The van der Waals surface area contributed by atoms with E-state index >= 15 is 0 Å². The van der Waals surface area contributed by atoms with Gasteiger partial charge in [0.25, 0.3) is 11.2 Å². The van der Waals surface area contributed by atoms with Crippen molar-refractivity contribution in [2.24, 2.45) is 4.99 Å². The monoisotopic (exact) mass is 446 g/mol. The summed E-state index contributed by atoms with van der Waals surface area (Å²) in [5, 5.41) is 30.8. The molecule has 3 aromatic rings. The molecule has 0 aliphatic carbocycles. The van der Waals surface area contributed by atoms with E-state index in [9.17, 15) is 38.4 Å². The van der Waals surface area contributed by atoms with Crippen molar-refractivity contribution in [1.29, 1.82) is 5.26 Å². The smallest absolute Gasteiger partial charge is 0.423 e. The summed E-state index contributed by atoms with van der Waals surface area (Å²) in [5.41, 5.74) is -4.01. The van der Waals surface area contributed by atoms with E-state index in [1.165, 1.54) is 13.2 Å². The summed E-state index contributed by atoms with van der Waals surface area (Å²) in [4.78, 5) is 26.1. The zero-order valence-corrected chi connectivity index (χ0v) is 16.3. The minimum atomic E-state index is -4.99. The first-order valence-corrected chi connectivity index (χ1v) is 8.83. The number of alkyl halides is 3. The van der Waals surface area contributed by atoms with E-state index in [1.807, 2.05) is 0 Å². The number of aromatic hydroxyl groups is 1. The van der Waals surface area contributed by atoms with Gasteiger partial charge in [-0.05, 0) is 36.8 Å². The Bertz CT molecular complexity index is 1320. The molecule has 0 spiro atoms. The number of nitriles is 1. The largest absolute Gasteiger partial charge is 0.494 e. The first kappa shape index (κ1) is 22.3. The van der Waals surface area contributed by atoms with E-state index < -0.39 is 33.8 Å². The molecule has 1 aromatic carbocycles. The van der Waals surface area contributed by atoms with Gasteiger partial charge in [-0.15, -0.1) is 0 Å². The number of halogens is 3. The van der Waals surface area contributed by atoms with Crippen molar-refractivity contribution in [3.63, 3.8) is 0 Å². The molecule has 164 valence electrons. The van der Waals surface area contributed by atoms with Crippen LogP contribution in [0.5, 0.6) is 5.88 Å².